The first-order valence-corrected chi connectivity index (χ1v) is 6.56. The summed E-state index contributed by atoms with van der Waals surface area (Å²) in [5.41, 5.74) is 0. The summed E-state index contributed by atoms with van der Waals surface area (Å²) in [7, 11) is 0. The van der Waals surface area contributed by atoms with Crippen LogP contribution in [0.5, 0.6) is 17.2 Å². The Morgan fingerprint density at radius 3 is 2.38 bits per heavy atom. The summed E-state index contributed by atoms with van der Waals surface area (Å²) in [4.78, 5) is 0. The summed E-state index contributed by atoms with van der Waals surface area (Å²) >= 11 is 0. The van der Waals surface area contributed by atoms with Crippen molar-refractivity contribution < 1.29 is 18.3 Å². The van der Waals surface area contributed by atoms with Crippen LogP contribution >= 0.6 is 0 Å². The number of hydrogen-bond donors (Lipinski definition) is 0. The number of rotatable bonds is 4. The minimum atomic E-state index is -0.749. The average molecular weight is 288 g/mol. The Labute approximate surface area is 122 Å². The van der Waals surface area contributed by atoms with Gasteiger partial charge >= 0.3 is 0 Å². The van der Waals surface area contributed by atoms with E-state index >= 15 is 0 Å². The molecule has 2 nitrogen and oxygen atoms in total. The summed E-state index contributed by atoms with van der Waals surface area (Å²) in [5, 5.41) is 0. The third kappa shape index (κ3) is 4.50. The Kier molecular flexibility index (Phi) is 5.16. The molecule has 0 unspecified atom stereocenters. The second-order valence-corrected chi connectivity index (χ2v) is 4.28. The molecule has 0 atom stereocenters. The van der Waals surface area contributed by atoms with Gasteiger partial charge in [-0.25, -0.2) is 8.78 Å². The van der Waals surface area contributed by atoms with Crippen LogP contribution in [0.25, 0.3) is 0 Å². The third-order valence-corrected chi connectivity index (χ3v) is 2.56. The molecular formula is C17H14F2O2. The first-order valence-electron chi connectivity index (χ1n) is 6.56. The lowest BCUT2D eigenvalue weighted by Gasteiger charge is -2.07. The maximum atomic E-state index is 13.4. The van der Waals surface area contributed by atoms with Gasteiger partial charge in [0.2, 0.25) is 0 Å². The second-order valence-electron chi connectivity index (χ2n) is 4.28. The molecular weight excluding hydrogens is 274 g/mol. The van der Waals surface area contributed by atoms with E-state index in [-0.39, 0.29) is 5.75 Å². The fourth-order valence-corrected chi connectivity index (χ4v) is 1.53. The van der Waals surface area contributed by atoms with Crippen molar-refractivity contribution in [3.63, 3.8) is 0 Å². The van der Waals surface area contributed by atoms with E-state index in [4.69, 9.17) is 9.47 Å². The predicted octanol–water partition coefficient (Wildman–Crippen LogP) is 4.90. The van der Waals surface area contributed by atoms with Crippen molar-refractivity contribution in [2.24, 2.45) is 0 Å². The van der Waals surface area contributed by atoms with Gasteiger partial charge in [-0.3, -0.25) is 0 Å². The van der Waals surface area contributed by atoms with Gasteiger partial charge in [-0.2, -0.15) is 0 Å². The number of halogens is 2. The molecule has 2 aromatic rings. The smallest absolute Gasteiger partial charge is 0.168 e. The van der Waals surface area contributed by atoms with Crippen molar-refractivity contribution in [1.82, 2.24) is 0 Å². The number of benzene rings is 2. The molecule has 0 bridgehead atoms. The van der Waals surface area contributed by atoms with Crippen LogP contribution in [-0.2, 0) is 0 Å². The van der Waals surface area contributed by atoms with Gasteiger partial charge < -0.3 is 9.47 Å². The van der Waals surface area contributed by atoms with Crippen LogP contribution in [0, 0.1) is 23.7 Å². The predicted molar refractivity (Wildman–Crippen MR) is 76.2 cm³/mol. The molecule has 0 saturated carbocycles. The minimum Gasteiger partial charge on any atom is -0.454 e. The highest BCUT2D eigenvalue weighted by atomic mass is 19.1. The lowest BCUT2D eigenvalue weighted by molar-refractivity contribution is 0.436. The van der Waals surface area contributed by atoms with Crippen molar-refractivity contribution in [2.45, 2.75) is 19.8 Å². The van der Waals surface area contributed by atoms with Gasteiger partial charge in [-0.15, -0.1) is 0 Å². The zero-order chi connectivity index (χ0) is 15.1. The van der Waals surface area contributed by atoms with E-state index in [9.17, 15) is 8.78 Å². The third-order valence-electron chi connectivity index (χ3n) is 2.56. The van der Waals surface area contributed by atoms with Gasteiger partial charge in [0.1, 0.15) is 23.4 Å². The van der Waals surface area contributed by atoms with Crippen LogP contribution in [0.3, 0.4) is 0 Å². The van der Waals surface area contributed by atoms with E-state index in [1.807, 2.05) is 6.92 Å². The van der Waals surface area contributed by atoms with Crippen molar-refractivity contribution in [3.05, 3.63) is 54.1 Å². The van der Waals surface area contributed by atoms with Crippen LogP contribution < -0.4 is 9.47 Å². The van der Waals surface area contributed by atoms with E-state index in [1.165, 1.54) is 6.07 Å². The highest BCUT2D eigenvalue weighted by molar-refractivity contribution is 5.36. The Bertz CT molecular complexity index is 655. The normalized spacial score (nSPS) is 9.67. The van der Waals surface area contributed by atoms with Crippen molar-refractivity contribution >= 4 is 0 Å². The molecule has 0 amide bonds. The molecule has 4 heteroatoms. The molecule has 0 N–H and O–H groups in total. The zero-order valence-electron chi connectivity index (χ0n) is 11.5. The highest BCUT2D eigenvalue weighted by Crippen LogP contribution is 2.26. The maximum absolute atomic E-state index is 13.4. The topological polar surface area (TPSA) is 18.5 Å². The molecule has 0 aliphatic heterocycles. The van der Waals surface area contributed by atoms with Gasteiger partial charge in [0, 0.05) is 12.5 Å². The molecule has 0 fully saturated rings. The fraction of sp³-hybridized carbons (Fsp3) is 0.176. The number of ether oxygens (including phenoxy) is 2. The van der Waals surface area contributed by atoms with Gasteiger partial charge in [0.25, 0.3) is 0 Å². The van der Waals surface area contributed by atoms with Crippen molar-refractivity contribution in [2.75, 3.05) is 0 Å². The van der Waals surface area contributed by atoms with Crippen LogP contribution in [0.4, 0.5) is 8.78 Å². The van der Waals surface area contributed by atoms with Crippen LogP contribution in [-0.4, -0.2) is 0 Å². The van der Waals surface area contributed by atoms with E-state index in [0.717, 1.165) is 25.0 Å². The maximum Gasteiger partial charge on any atom is 0.168 e. The zero-order valence-corrected chi connectivity index (χ0v) is 11.5. The molecule has 21 heavy (non-hydrogen) atoms. The van der Waals surface area contributed by atoms with Gasteiger partial charge in [0.05, 0.1) is 0 Å². The molecule has 0 aromatic heterocycles. The molecule has 0 aliphatic rings. The number of unbranched alkanes of at least 4 members (excludes halogenated alkanes) is 1. The SMILES string of the molecule is CCCC#COc1ccc(Oc2ccc(F)cc2F)cc1. The monoisotopic (exact) mass is 288 g/mol. The van der Waals surface area contributed by atoms with Gasteiger partial charge in [-0.05, 0) is 42.8 Å². The summed E-state index contributed by atoms with van der Waals surface area (Å²) in [6.45, 7) is 2.04. The van der Waals surface area contributed by atoms with Crippen LogP contribution in [0.15, 0.2) is 42.5 Å². The summed E-state index contributed by atoms with van der Waals surface area (Å²) < 4.78 is 36.8. The minimum absolute atomic E-state index is 0.0344. The van der Waals surface area contributed by atoms with Crippen molar-refractivity contribution in [3.8, 4) is 29.3 Å². The van der Waals surface area contributed by atoms with Gasteiger partial charge in [0.15, 0.2) is 11.6 Å². The lowest BCUT2D eigenvalue weighted by Crippen LogP contribution is -1.90. The summed E-state index contributed by atoms with van der Waals surface area (Å²) in [5.74, 6) is 2.43. The highest BCUT2D eigenvalue weighted by Gasteiger charge is 2.06. The molecule has 2 aromatic carbocycles. The van der Waals surface area contributed by atoms with E-state index in [2.05, 4.69) is 12.0 Å². The standard InChI is InChI=1S/C17H14F2O2/c1-2-3-4-11-20-14-6-8-15(9-7-14)21-17-10-5-13(18)12-16(17)19/h5-10,12H,2-3H2,1H3. The Morgan fingerprint density at radius 2 is 1.71 bits per heavy atom. The Morgan fingerprint density at radius 1 is 1.00 bits per heavy atom. The lowest BCUT2D eigenvalue weighted by atomic mass is 10.3. The molecule has 0 radical (unpaired) electrons. The molecule has 2 rings (SSSR count). The quantitative estimate of drug-likeness (QED) is 0.745. The molecule has 0 spiro atoms. The summed E-state index contributed by atoms with van der Waals surface area (Å²) in [6.07, 6.45) is 4.36. The van der Waals surface area contributed by atoms with Gasteiger partial charge in [-0.1, -0.05) is 12.8 Å². The first-order chi connectivity index (χ1) is 10.2. The Balaban J connectivity index is 2.01. The van der Waals surface area contributed by atoms with Crippen molar-refractivity contribution in [1.29, 1.82) is 0 Å². The molecule has 0 heterocycles. The number of hydrogen-bond acceptors (Lipinski definition) is 2. The van der Waals surface area contributed by atoms with E-state index in [1.54, 1.807) is 24.3 Å². The fourth-order valence-electron chi connectivity index (χ4n) is 1.53. The van der Waals surface area contributed by atoms with E-state index in [0.29, 0.717) is 11.5 Å². The first kappa shape index (κ1) is 14.9. The summed E-state index contributed by atoms with van der Waals surface area (Å²) in [6, 6.07) is 9.73. The average Bonchev–Trinajstić information content (AvgIpc) is 2.48. The second kappa shape index (κ2) is 7.30. The molecule has 108 valence electrons. The largest absolute Gasteiger partial charge is 0.454 e. The molecule has 0 aliphatic carbocycles. The van der Waals surface area contributed by atoms with Crippen LogP contribution in [0.2, 0.25) is 0 Å². The van der Waals surface area contributed by atoms with E-state index < -0.39 is 11.6 Å². The van der Waals surface area contributed by atoms with Crippen LogP contribution in [0.1, 0.15) is 19.8 Å². The molecule has 0 saturated heterocycles. The Hall–Kier alpha value is -2.54.